The van der Waals surface area contributed by atoms with Crippen LogP contribution in [0.2, 0.25) is 0 Å². The summed E-state index contributed by atoms with van der Waals surface area (Å²) in [6, 6.07) is 20.0. The average Bonchev–Trinajstić information content (AvgIpc) is 3.45. The van der Waals surface area contributed by atoms with Crippen LogP contribution >= 0.6 is 0 Å². The Balaban J connectivity index is 1.37. The number of hydrogen-bond acceptors (Lipinski definition) is 5. The summed E-state index contributed by atoms with van der Waals surface area (Å²) < 4.78 is 3.29. The van der Waals surface area contributed by atoms with Crippen LogP contribution in [-0.4, -0.2) is 36.6 Å². The molecule has 9 nitrogen and oxygen atoms in total. The minimum atomic E-state index is -0.428. The van der Waals surface area contributed by atoms with Crippen molar-refractivity contribution in [3.63, 3.8) is 0 Å². The molecule has 4 aromatic rings. The van der Waals surface area contributed by atoms with Crippen LogP contribution in [0.5, 0.6) is 0 Å². The number of nitrogens with zero attached hydrogens (tertiary/aromatic N) is 5. The number of hydrogen-bond donors (Lipinski definition) is 2. The SMILES string of the molecule is O=C(NNC(=O)c1cccn1Cc1ccccc1)c1ccc(-n2cnnn2)cc1. The Bertz CT molecular complexity index is 1100. The molecular weight excluding hydrogens is 370 g/mol. The third kappa shape index (κ3) is 4.19. The highest BCUT2D eigenvalue weighted by atomic mass is 16.2. The van der Waals surface area contributed by atoms with Crippen LogP contribution in [0.25, 0.3) is 5.69 Å². The Kier molecular flexibility index (Phi) is 5.10. The van der Waals surface area contributed by atoms with Gasteiger partial charge in [0.2, 0.25) is 0 Å². The molecule has 0 unspecified atom stereocenters. The van der Waals surface area contributed by atoms with Gasteiger partial charge in [0.25, 0.3) is 11.8 Å². The van der Waals surface area contributed by atoms with Gasteiger partial charge < -0.3 is 4.57 Å². The van der Waals surface area contributed by atoms with Crippen molar-refractivity contribution >= 4 is 11.8 Å². The van der Waals surface area contributed by atoms with E-state index in [4.69, 9.17) is 0 Å². The van der Waals surface area contributed by atoms with E-state index in [0.717, 1.165) is 5.56 Å². The molecular formula is C20H17N7O2. The maximum Gasteiger partial charge on any atom is 0.286 e. The van der Waals surface area contributed by atoms with Gasteiger partial charge in [-0.05, 0) is 52.4 Å². The molecule has 2 aromatic heterocycles. The van der Waals surface area contributed by atoms with E-state index in [0.29, 0.717) is 23.5 Å². The predicted octanol–water partition coefficient (Wildman–Crippen LogP) is 1.59. The molecule has 2 amide bonds. The van der Waals surface area contributed by atoms with Crippen molar-refractivity contribution in [1.29, 1.82) is 0 Å². The number of aromatic nitrogens is 5. The Labute approximate surface area is 165 Å². The van der Waals surface area contributed by atoms with E-state index >= 15 is 0 Å². The van der Waals surface area contributed by atoms with E-state index < -0.39 is 11.8 Å². The minimum Gasteiger partial charge on any atom is -0.339 e. The van der Waals surface area contributed by atoms with E-state index in [-0.39, 0.29) is 0 Å². The number of benzene rings is 2. The molecule has 0 saturated heterocycles. The fourth-order valence-corrected chi connectivity index (χ4v) is 2.83. The summed E-state index contributed by atoms with van der Waals surface area (Å²) in [5.41, 5.74) is 7.52. The minimum absolute atomic E-state index is 0.391. The van der Waals surface area contributed by atoms with Crippen LogP contribution in [0.1, 0.15) is 26.4 Å². The Morgan fingerprint density at radius 3 is 2.34 bits per heavy atom. The highest BCUT2D eigenvalue weighted by Gasteiger charge is 2.13. The lowest BCUT2D eigenvalue weighted by atomic mass is 10.2. The van der Waals surface area contributed by atoms with E-state index in [1.165, 1.54) is 11.0 Å². The Hall–Kier alpha value is -4.27. The second-order valence-electron chi connectivity index (χ2n) is 6.22. The molecule has 0 fully saturated rings. The number of rotatable bonds is 5. The average molecular weight is 387 g/mol. The van der Waals surface area contributed by atoms with Gasteiger partial charge in [0.05, 0.1) is 5.69 Å². The molecule has 2 aromatic carbocycles. The van der Waals surface area contributed by atoms with Crippen LogP contribution in [0.15, 0.2) is 79.3 Å². The van der Waals surface area contributed by atoms with Crippen LogP contribution < -0.4 is 10.9 Å². The first-order valence-corrected chi connectivity index (χ1v) is 8.84. The second-order valence-corrected chi connectivity index (χ2v) is 6.22. The van der Waals surface area contributed by atoms with Crippen molar-refractivity contribution in [2.75, 3.05) is 0 Å². The molecule has 4 rings (SSSR count). The molecule has 144 valence electrons. The van der Waals surface area contributed by atoms with Crippen LogP contribution in [-0.2, 0) is 6.54 Å². The topological polar surface area (TPSA) is 107 Å². The maximum atomic E-state index is 12.5. The van der Waals surface area contributed by atoms with E-state index in [1.54, 1.807) is 36.4 Å². The second kappa shape index (κ2) is 8.17. The lowest BCUT2D eigenvalue weighted by Crippen LogP contribution is -2.42. The fraction of sp³-hybridized carbons (Fsp3) is 0.0500. The molecule has 0 radical (unpaired) electrons. The van der Waals surface area contributed by atoms with Crippen LogP contribution in [0.3, 0.4) is 0 Å². The summed E-state index contributed by atoms with van der Waals surface area (Å²) in [4.78, 5) is 24.8. The normalized spacial score (nSPS) is 10.5. The van der Waals surface area contributed by atoms with Gasteiger partial charge in [-0.3, -0.25) is 20.4 Å². The Morgan fingerprint density at radius 2 is 1.62 bits per heavy atom. The number of tetrazole rings is 1. The molecule has 2 N–H and O–H groups in total. The predicted molar refractivity (Wildman–Crippen MR) is 104 cm³/mol. The van der Waals surface area contributed by atoms with Gasteiger partial charge in [-0.2, -0.15) is 0 Å². The van der Waals surface area contributed by atoms with Crippen molar-refractivity contribution in [2.24, 2.45) is 0 Å². The van der Waals surface area contributed by atoms with Crippen LogP contribution in [0.4, 0.5) is 0 Å². The van der Waals surface area contributed by atoms with Crippen molar-refractivity contribution in [1.82, 2.24) is 35.6 Å². The summed E-state index contributed by atoms with van der Waals surface area (Å²) in [5, 5.41) is 10.9. The van der Waals surface area contributed by atoms with Crippen LogP contribution in [0, 0.1) is 0 Å². The molecule has 0 spiro atoms. The monoisotopic (exact) mass is 387 g/mol. The quantitative estimate of drug-likeness (QED) is 0.506. The zero-order valence-electron chi connectivity index (χ0n) is 15.3. The maximum absolute atomic E-state index is 12.5. The van der Waals surface area contributed by atoms with Gasteiger partial charge in [0.1, 0.15) is 12.0 Å². The van der Waals surface area contributed by atoms with Gasteiger partial charge >= 0.3 is 0 Å². The number of carbonyl (C=O) groups is 2. The van der Waals surface area contributed by atoms with Crippen molar-refractivity contribution in [3.05, 3.63) is 96.1 Å². The lowest BCUT2D eigenvalue weighted by molar-refractivity contribution is 0.0841. The number of nitrogens with one attached hydrogen (secondary N) is 2. The summed E-state index contributed by atoms with van der Waals surface area (Å²) in [7, 11) is 0. The zero-order valence-corrected chi connectivity index (χ0v) is 15.3. The summed E-state index contributed by atoms with van der Waals surface area (Å²) in [5.74, 6) is -0.827. The summed E-state index contributed by atoms with van der Waals surface area (Å²) >= 11 is 0. The number of hydrazine groups is 1. The Morgan fingerprint density at radius 1 is 0.862 bits per heavy atom. The summed E-state index contributed by atoms with van der Waals surface area (Å²) in [6.45, 7) is 0.559. The van der Waals surface area contributed by atoms with E-state index in [2.05, 4.69) is 26.4 Å². The van der Waals surface area contributed by atoms with Gasteiger partial charge in [0, 0.05) is 18.3 Å². The highest BCUT2D eigenvalue weighted by molar-refractivity contribution is 5.98. The highest BCUT2D eigenvalue weighted by Crippen LogP contribution is 2.09. The first-order chi connectivity index (χ1) is 14.2. The third-order valence-electron chi connectivity index (χ3n) is 4.29. The summed E-state index contributed by atoms with van der Waals surface area (Å²) in [6.07, 6.45) is 3.28. The smallest absolute Gasteiger partial charge is 0.286 e. The molecule has 0 aliphatic carbocycles. The number of amides is 2. The van der Waals surface area contributed by atoms with Crippen molar-refractivity contribution in [3.8, 4) is 5.69 Å². The first kappa shape index (κ1) is 18.1. The molecule has 0 atom stereocenters. The van der Waals surface area contributed by atoms with Crippen molar-refractivity contribution in [2.45, 2.75) is 6.54 Å². The fourth-order valence-electron chi connectivity index (χ4n) is 2.83. The van der Waals surface area contributed by atoms with Gasteiger partial charge in [-0.1, -0.05) is 30.3 Å². The van der Waals surface area contributed by atoms with Gasteiger partial charge in [0.15, 0.2) is 0 Å². The largest absolute Gasteiger partial charge is 0.339 e. The lowest BCUT2D eigenvalue weighted by Gasteiger charge is -2.11. The molecule has 0 bridgehead atoms. The van der Waals surface area contributed by atoms with E-state index in [9.17, 15) is 9.59 Å². The molecule has 9 heteroatoms. The molecule has 0 aliphatic rings. The first-order valence-electron chi connectivity index (χ1n) is 8.84. The van der Waals surface area contributed by atoms with Crippen molar-refractivity contribution < 1.29 is 9.59 Å². The standard InChI is InChI=1S/C20H17N7O2/c28-19(16-8-10-17(11-9-16)27-14-21-24-25-27)22-23-20(29)18-7-4-12-26(18)13-15-5-2-1-3-6-15/h1-12,14H,13H2,(H,22,28)(H,23,29). The van der Waals surface area contributed by atoms with E-state index in [1.807, 2.05) is 41.1 Å². The molecule has 0 aliphatic heterocycles. The molecule has 29 heavy (non-hydrogen) atoms. The molecule has 0 saturated carbocycles. The number of carbonyl (C=O) groups excluding carboxylic acids is 2. The van der Waals surface area contributed by atoms with Gasteiger partial charge in [-0.25, -0.2) is 4.68 Å². The zero-order chi connectivity index (χ0) is 20.1. The molecule has 2 heterocycles. The third-order valence-corrected chi connectivity index (χ3v) is 4.29. The van der Waals surface area contributed by atoms with Gasteiger partial charge in [-0.15, -0.1) is 5.10 Å².